The van der Waals surface area contributed by atoms with Gasteiger partial charge >= 0.3 is 0 Å². The molecule has 1 fully saturated rings. The number of hydrogen-bond donors (Lipinski definition) is 1. The SMILES string of the molecule is CNc1ncnc(N2CCC(COC)CC2)c1Br. The molecule has 0 radical (unpaired) electrons. The molecule has 1 aromatic heterocycles. The van der Waals surface area contributed by atoms with Gasteiger partial charge in [-0.3, -0.25) is 0 Å². The van der Waals surface area contributed by atoms with E-state index in [1.807, 2.05) is 7.05 Å². The topological polar surface area (TPSA) is 50.3 Å². The van der Waals surface area contributed by atoms with Gasteiger partial charge in [-0.2, -0.15) is 0 Å². The van der Waals surface area contributed by atoms with E-state index in [0.29, 0.717) is 5.92 Å². The molecule has 100 valence electrons. The monoisotopic (exact) mass is 314 g/mol. The van der Waals surface area contributed by atoms with E-state index in [2.05, 4.69) is 36.1 Å². The molecule has 1 N–H and O–H groups in total. The third kappa shape index (κ3) is 2.92. The predicted molar refractivity (Wildman–Crippen MR) is 76.1 cm³/mol. The Hall–Kier alpha value is -0.880. The Balaban J connectivity index is 2.05. The van der Waals surface area contributed by atoms with Crippen molar-refractivity contribution in [2.24, 2.45) is 5.92 Å². The molecule has 1 aliphatic rings. The molecule has 18 heavy (non-hydrogen) atoms. The first-order chi connectivity index (χ1) is 8.76. The summed E-state index contributed by atoms with van der Waals surface area (Å²) in [6, 6.07) is 0. The number of anilines is 2. The van der Waals surface area contributed by atoms with Crippen LogP contribution in [0, 0.1) is 5.92 Å². The van der Waals surface area contributed by atoms with Crippen molar-refractivity contribution in [2.45, 2.75) is 12.8 Å². The van der Waals surface area contributed by atoms with E-state index >= 15 is 0 Å². The highest BCUT2D eigenvalue weighted by Crippen LogP contribution is 2.31. The second-order valence-electron chi connectivity index (χ2n) is 4.50. The summed E-state index contributed by atoms with van der Waals surface area (Å²) in [6.07, 6.45) is 3.91. The fourth-order valence-electron chi connectivity index (χ4n) is 2.30. The molecule has 0 bridgehead atoms. The zero-order valence-electron chi connectivity index (χ0n) is 10.8. The van der Waals surface area contributed by atoms with Crippen LogP contribution >= 0.6 is 15.9 Å². The molecule has 6 heteroatoms. The minimum atomic E-state index is 0.677. The number of nitrogens with one attached hydrogen (secondary N) is 1. The molecule has 1 aliphatic heterocycles. The van der Waals surface area contributed by atoms with Gasteiger partial charge < -0.3 is 15.0 Å². The summed E-state index contributed by atoms with van der Waals surface area (Å²) >= 11 is 3.57. The van der Waals surface area contributed by atoms with Gasteiger partial charge in [0.15, 0.2) is 0 Å². The van der Waals surface area contributed by atoms with Crippen LogP contribution in [-0.4, -0.2) is 43.8 Å². The van der Waals surface area contributed by atoms with Gasteiger partial charge in [-0.1, -0.05) is 0 Å². The van der Waals surface area contributed by atoms with Crippen LogP contribution in [0.3, 0.4) is 0 Å². The summed E-state index contributed by atoms with van der Waals surface area (Å²) < 4.78 is 6.16. The maximum atomic E-state index is 5.22. The number of methoxy groups -OCH3 is 1. The van der Waals surface area contributed by atoms with Gasteiger partial charge in [0.1, 0.15) is 22.4 Å². The van der Waals surface area contributed by atoms with E-state index in [0.717, 1.165) is 48.6 Å². The molecule has 0 aromatic carbocycles. The third-order valence-electron chi connectivity index (χ3n) is 3.32. The van der Waals surface area contributed by atoms with Gasteiger partial charge in [0.25, 0.3) is 0 Å². The summed E-state index contributed by atoms with van der Waals surface area (Å²) in [5, 5.41) is 3.06. The maximum absolute atomic E-state index is 5.22. The summed E-state index contributed by atoms with van der Waals surface area (Å²) in [5.41, 5.74) is 0. The number of piperidine rings is 1. The Labute approximate surface area is 116 Å². The Morgan fingerprint density at radius 1 is 1.44 bits per heavy atom. The molecule has 5 nitrogen and oxygen atoms in total. The lowest BCUT2D eigenvalue weighted by molar-refractivity contribution is 0.139. The summed E-state index contributed by atoms with van der Waals surface area (Å²) in [5.74, 6) is 2.49. The quantitative estimate of drug-likeness (QED) is 0.922. The highest BCUT2D eigenvalue weighted by Gasteiger charge is 2.22. The molecular weight excluding hydrogens is 296 g/mol. The van der Waals surface area contributed by atoms with Crippen LogP contribution in [0.15, 0.2) is 10.8 Å². The molecule has 1 aromatic rings. The second kappa shape index (κ2) is 6.33. The van der Waals surface area contributed by atoms with Crippen molar-refractivity contribution in [1.29, 1.82) is 0 Å². The van der Waals surface area contributed by atoms with Crippen LogP contribution in [0.5, 0.6) is 0 Å². The molecular formula is C12H19BrN4O. The van der Waals surface area contributed by atoms with Crippen molar-refractivity contribution in [1.82, 2.24) is 9.97 Å². The van der Waals surface area contributed by atoms with Crippen molar-refractivity contribution in [3.05, 3.63) is 10.8 Å². The first-order valence-electron chi connectivity index (χ1n) is 6.18. The standard InChI is InChI=1S/C12H19BrN4O/c1-14-11-10(13)12(16-8-15-11)17-5-3-9(4-6-17)7-18-2/h8-9H,3-7H2,1-2H3,(H,14,15,16). The normalized spacial score (nSPS) is 16.9. The largest absolute Gasteiger partial charge is 0.384 e. The Morgan fingerprint density at radius 3 is 2.78 bits per heavy atom. The van der Waals surface area contributed by atoms with Gasteiger partial charge in [-0.15, -0.1) is 0 Å². The number of nitrogens with zero attached hydrogens (tertiary/aromatic N) is 3. The van der Waals surface area contributed by atoms with Gasteiger partial charge in [0, 0.05) is 33.9 Å². The van der Waals surface area contributed by atoms with E-state index in [1.165, 1.54) is 0 Å². The summed E-state index contributed by atoms with van der Waals surface area (Å²) in [4.78, 5) is 10.9. The number of hydrogen-bond acceptors (Lipinski definition) is 5. The molecule has 0 aliphatic carbocycles. The van der Waals surface area contributed by atoms with Crippen molar-refractivity contribution < 1.29 is 4.74 Å². The van der Waals surface area contributed by atoms with E-state index in [4.69, 9.17) is 4.74 Å². The third-order valence-corrected chi connectivity index (χ3v) is 4.05. The molecule has 2 heterocycles. The zero-order valence-corrected chi connectivity index (χ0v) is 12.4. The molecule has 0 unspecified atom stereocenters. The van der Waals surface area contributed by atoms with Gasteiger partial charge in [-0.05, 0) is 34.7 Å². The van der Waals surface area contributed by atoms with Crippen LogP contribution in [0.1, 0.15) is 12.8 Å². The summed E-state index contributed by atoms with van der Waals surface area (Å²) in [6.45, 7) is 2.90. The number of halogens is 1. The van der Waals surface area contributed by atoms with Crippen molar-refractivity contribution >= 4 is 27.6 Å². The van der Waals surface area contributed by atoms with Crippen molar-refractivity contribution in [2.75, 3.05) is 44.1 Å². The predicted octanol–water partition coefficient (Wildman–Crippen LogP) is 2.14. The summed E-state index contributed by atoms with van der Waals surface area (Å²) in [7, 11) is 3.63. The minimum absolute atomic E-state index is 0.677. The van der Waals surface area contributed by atoms with E-state index in [1.54, 1.807) is 13.4 Å². The lowest BCUT2D eigenvalue weighted by Gasteiger charge is -2.33. The Bertz CT molecular complexity index is 394. The first-order valence-corrected chi connectivity index (χ1v) is 6.97. The maximum Gasteiger partial charge on any atom is 0.148 e. The average Bonchev–Trinajstić information content (AvgIpc) is 2.41. The molecule has 1 saturated heterocycles. The second-order valence-corrected chi connectivity index (χ2v) is 5.29. The van der Waals surface area contributed by atoms with Crippen LogP contribution in [-0.2, 0) is 4.74 Å². The zero-order chi connectivity index (χ0) is 13.0. The Kier molecular flexibility index (Phi) is 4.77. The lowest BCUT2D eigenvalue weighted by Crippen LogP contribution is -2.35. The van der Waals surface area contributed by atoms with E-state index in [-0.39, 0.29) is 0 Å². The number of aromatic nitrogens is 2. The van der Waals surface area contributed by atoms with Crippen LogP contribution in [0.2, 0.25) is 0 Å². The van der Waals surface area contributed by atoms with Crippen molar-refractivity contribution in [3.63, 3.8) is 0 Å². The molecule has 2 rings (SSSR count). The van der Waals surface area contributed by atoms with Crippen LogP contribution < -0.4 is 10.2 Å². The molecule has 0 amide bonds. The average molecular weight is 315 g/mol. The Morgan fingerprint density at radius 2 is 2.17 bits per heavy atom. The molecule has 0 saturated carbocycles. The highest BCUT2D eigenvalue weighted by atomic mass is 79.9. The smallest absolute Gasteiger partial charge is 0.148 e. The van der Waals surface area contributed by atoms with Crippen LogP contribution in [0.25, 0.3) is 0 Å². The van der Waals surface area contributed by atoms with E-state index in [9.17, 15) is 0 Å². The lowest BCUT2D eigenvalue weighted by atomic mass is 9.98. The van der Waals surface area contributed by atoms with Crippen molar-refractivity contribution in [3.8, 4) is 0 Å². The number of rotatable bonds is 4. The van der Waals surface area contributed by atoms with Gasteiger partial charge in [-0.25, -0.2) is 9.97 Å². The number of ether oxygens (including phenoxy) is 1. The molecule has 0 atom stereocenters. The first kappa shape index (κ1) is 13.5. The fourth-order valence-corrected chi connectivity index (χ4v) is 2.96. The van der Waals surface area contributed by atoms with Crippen LogP contribution in [0.4, 0.5) is 11.6 Å². The van der Waals surface area contributed by atoms with Gasteiger partial charge in [0.05, 0.1) is 0 Å². The highest BCUT2D eigenvalue weighted by molar-refractivity contribution is 9.10. The molecule has 0 spiro atoms. The van der Waals surface area contributed by atoms with Gasteiger partial charge in [0.2, 0.25) is 0 Å². The fraction of sp³-hybridized carbons (Fsp3) is 0.667. The van der Waals surface area contributed by atoms with E-state index < -0.39 is 0 Å². The minimum Gasteiger partial charge on any atom is -0.384 e.